The molecule has 0 saturated carbocycles. The minimum Gasteiger partial charge on any atom is -0.403 e. The van der Waals surface area contributed by atoms with Crippen molar-refractivity contribution in [2.24, 2.45) is 5.41 Å². The lowest BCUT2D eigenvalue weighted by Crippen LogP contribution is -2.43. The van der Waals surface area contributed by atoms with E-state index in [1.165, 1.54) is 0 Å². The molecule has 0 aromatic heterocycles. The van der Waals surface area contributed by atoms with E-state index < -0.39 is 9.04 Å². The lowest BCUT2D eigenvalue weighted by Gasteiger charge is -2.35. The maximum atomic E-state index is 11.7. The van der Waals surface area contributed by atoms with Crippen molar-refractivity contribution >= 4 is 14.9 Å². The molecule has 0 aliphatic carbocycles. The fourth-order valence-corrected chi connectivity index (χ4v) is 2.48. The van der Waals surface area contributed by atoms with Crippen molar-refractivity contribution in [2.75, 3.05) is 6.73 Å². The molecule has 3 nitrogen and oxygen atoms in total. The molecule has 0 aromatic rings. The number of hydrogen-bond donors (Lipinski definition) is 0. The highest BCUT2D eigenvalue weighted by Gasteiger charge is 2.38. The Labute approximate surface area is 94.5 Å². The fourth-order valence-electron chi connectivity index (χ4n) is 2.03. The summed E-state index contributed by atoms with van der Waals surface area (Å²) in [4.78, 5) is 13.6. The van der Waals surface area contributed by atoms with Crippen molar-refractivity contribution in [3.63, 3.8) is 0 Å². The van der Waals surface area contributed by atoms with Gasteiger partial charge in [0, 0.05) is 12.5 Å². The molecule has 0 unspecified atom stereocenters. The van der Waals surface area contributed by atoms with Gasteiger partial charge >= 0.3 is 0 Å². The highest BCUT2D eigenvalue weighted by Crippen LogP contribution is 2.33. The summed E-state index contributed by atoms with van der Waals surface area (Å²) < 4.78 is 5.67. The van der Waals surface area contributed by atoms with Crippen LogP contribution < -0.4 is 0 Å². The van der Waals surface area contributed by atoms with Crippen molar-refractivity contribution in [3.05, 3.63) is 0 Å². The number of nitrogens with zero attached hydrogens (tertiary/aromatic N) is 1. The number of likely N-dealkylation sites (tertiary alicyclic amines) is 1. The number of hydrogen-bond acceptors (Lipinski definition) is 2. The summed E-state index contributed by atoms with van der Waals surface area (Å²) in [6, 6.07) is 0.345. The first kappa shape index (κ1) is 12.7. The van der Waals surface area contributed by atoms with Crippen molar-refractivity contribution in [1.82, 2.24) is 4.90 Å². The van der Waals surface area contributed by atoms with E-state index in [1.54, 1.807) is 0 Å². The summed E-state index contributed by atoms with van der Waals surface area (Å²) in [6.45, 7) is 11.3. The Kier molecular flexibility index (Phi) is 3.95. The van der Waals surface area contributed by atoms with Gasteiger partial charge in [-0.05, 0) is 24.9 Å². The fraction of sp³-hybridized carbons (Fsp3) is 0.909. The molecule has 1 aliphatic heterocycles. The lowest BCUT2D eigenvalue weighted by molar-refractivity contribution is -0.133. The van der Waals surface area contributed by atoms with Crippen LogP contribution in [-0.2, 0) is 9.22 Å². The van der Waals surface area contributed by atoms with Gasteiger partial charge < -0.3 is 9.33 Å². The van der Waals surface area contributed by atoms with Gasteiger partial charge in [-0.25, -0.2) is 0 Å². The predicted molar refractivity (Wildman–Crippen MR) is 64.2 cm³/mol. The van der Waals surface area contributed by atoms with E-state index in [-0.39, 0.29) is 11.3 Å². The molecule has 0 aromatic carbocycles. The Balaban J connectivity index is 2.61. The molecule has 1 rings (SSSR count). The zero-order valence-corrected chi connectivity index (χ0v) is 11.7. The standard InChI is InChI=1S/C11H23NO2Si/c1-11(2,3)9-6-7-10(13)12(9)8-14-15(4)5/h9,15H,6-8H2,1-5H3/t9-/m1/s1. The minimum absolute atomic E-state index is 0.161. The quantitative estimate of drug-likeness (QED) is 0.693. The molecular weight excluding hydrogens is 206 g/mol. The van der Waals surface area contributed by atoms with Gasteiger partial charge in [-0.3, -0.25) is 4.79 Å². The molecule has 1 amide bonds. The van der Waals surface area contributed by atoms with Crippen LogP contribution in [0.15, 0.2) is 0 Å². The Morgan fingerprint density at radius 3 is 2.53 bits per heavy atom. The normalized spacial score (nSPS) is 22.9. The van der Waals surface area contributed by atoms with Crippen LogP contribution in [0.2, 0.25) is 13.1 Å². The summed E-state index contributed by atoms with van der Waals surface area (Å²) in [6.07, 6.45) is 1.66. The Bertz CT molecular complexity index is 235. The van der Waals surface area contributed by atoms with Crippen LogP contribution in [0.5, 0.6) is 0 Å². The van der Waals surface area contributed by atoms with E-state index in [2.05, 4.69) is 33.9 Å². The highest BCUT2D eigenvalue weighted by atomic mass is 28.3. The zero-order valence-electron chi connectivity index (χ0n) is 10.5. The molecule has 88 valence electrons. The number of carbonyl (C=O) groups excluding carboxylic acids is 1. The first-order valence-electron chi connectivity index (χ1n) is 5.73. The number of rotatable bonds is 3. The second-order valence-corrected chi connectivity index (χ2v) is 8.06. The van der Waals surface area contributed by atoms with Crippen LogP contribution in [0.3, 0.4) is 0 Å². The maximum absolute atomic E-state index is 11.7. The Morgan fingerprint density at radius 2 is 2.07 bits per heavy atom. The summed E-state index contributed by atoms with van der Waals surface area (Å²) in [5.74, 6) is 0.254. The molecule has 1 fully saturated rings. The van der Waals surface area contributed by atoms with Gasteiger partial charge in [-0.2, -0.15) is 0 Å². The molecule has 0 radical (unpaired) electrons. The van der Waals surface area contributed by atoms with Gasteiger partial charge in [0.1, 0.15) is 6.73 Å². The van der Waals surface area contributed by atoms with E-state index in [4.69, 9.17) is 4.43 Å². The molecule has 1 saturated heterocycles. The average molecular weight is 229 g/mol. The summed E-state index contributed by atoms with van der Waals surface area (Å²) in [5.41, 5.74) is 0.161. The molecule has 4 heteroatoms. The highest BCUT2D eigenvalue weighted by molar-refractivity contribution is 6.48. The average Bonchev–Trinajstić information content (AvgIpc) is 2.42. The van der Waals surface area contributed by atoms with Crippen LogP contribution in [0.25, 0.3) is 0 Å². The van der Waals surface area contributed by atoms with E-state index in [0.717, 1.165) is 6.42 Å². The molecule has 0 spiro atoms. The van der Waals surface area contributed by atoms with Crippen LogP contribution in [0, 0.1) is 5.41 Å². The van der Waals surface area contributed by atoms with Crippen LogP contribution in [-0.4, -0.2) is 32.6 Å². The predicted octanol–water partition coefficient (Wildman–Crippen LogP) is 1.98. The topological polar surface area (TPSA) is 29.5 Å². The van der Waals surface area contributed by atoms with Gasteiger partial charge in [0.2, 0.25) is 5.91 Å². The largest absolute Gasteiger partial charge is 0.403 e. The monoisotopic (exact) mass is 229 g/mol. The van der Waals surface area contributed by atoms with Crippen LogP contribution in [0.1, 0.15) is 33.6 Å². The number of amides is 1. The molecule has 1 aliphatic rings. The van der Waals surface area contributed by atoms with E-state index in [1.807, 2.05) is 4.90 Å². The minimum atomic E-state index is -1.03. The molecule has 1 atom stereocenters. The SMILES string of the molecule is C[SiH](C)OCN1C(=O)CC[C@@H]1C(C)(C)C. The Hall–Kier alpha value is -0.353. The second kappa shape index (κ2) is 4.66. The van der Waals surface area contributed by atoms with Gasteiger partial charge in [0.15, 0.2) is 9.04 Å². The molecule has 0 bridgehead atoms. The van der Waals surface area contributed by atoms with Gasteiger partial charge in [0.05, 0.1) is 0 Å². The van der Waals surface area contributed by atoms with Crippen LogP contribution >= 0.6 is 0 Å². The van der Waals surface area contributed by atoms with E-state index in [9.17, 15) is 4.79 Å². The van der Waals surface area contributed by atoms with Crippen LogP contribution in [0.4, 0.5) is 0 Å². The van der Waals surface area contributed by atoms with Gasteiger partial charge in [-0.1, -0.05) is 20.8 Å². The first-order chi connectivity index (χ1) is 6.82. The smallest absolute Gasteiger partial charge is 0.224 e. The number of carbonyl (C=O) groups is 1. The molecule has 1 heterocycles. The molecule has 0 N–H and O–H groups in total. The first-order valence-corrected chi connectivity index (χ1v) is 8.51. The van der Waals surface area contributed by atoms with Gasteiger partial charge in [0.25, 0.3) is 0 Å². The van der Waals surface area contributed by atoms with Crippen molar-refractivity contribution in [3.8, 4) is 0 Å². The molecule has 15 heavy (non-hydrogen) atoms. The Morgan fingerprint density at radius 1 is 1.47 bits per heavy atom. The van der Waals surface area contributed by atoms with E-state index >= 15 is 0 Å². The lowest BCUT2D eigenvalue weighted by atomic mass is 9.85. The third-order valence-electron chi connectivity index (χ3n) is 2.87. The zero-order chi connectivity index (χ0) is 11.6. The summed E-state index contributed by atoms with van der Waals surface area (Å²) in [5, 5.41) is 0. The summed E-state index contributed by atoms with van der Waals surface area (Å²) >= 11 is 0. The van der Waals surface area contributed by atoms with Crippen molar-refractivity contribution < 1.29 is 9.22 Å². The third kappa shape index (κ3) is 3.31. The van der Waals surface area contributed by atoms with Gasteiger partial charge in [-0.15, -0.1) is 0 Å². The maximum Gasteiger partial charge on any atom is 0.224 e. The van der Waals surface area contributed by atoms with E-state index in [0.29, 0.717) is 19.2 Å². The second-order valence-electron chi connectivity index (χ2n) is 5.63. The third-order valence-corrected chi connectivity index (χ3v) is 3.69. The molecular formula is C11H23NO2Si. The van der Waals surface area contributed by atoms with Crippen molar-refractivity contribution in [1.29, 1.82) is 0 Å². The summed E-state index contributed by atoms with van der Waals surface area (Å²) in [7, 11) is -1.03. The van der Waals surface area contributed by atoms with Crippen molar-refractivity contribution in [2.45, 2.75) is 52.7 Å².